The number of benzene rings is 1. The van der Waals surface area contributed by atoms with Gasteiger partial charge < -0.3 is 10.3 Å². The lowest BCUT2D eigenvalue weighted by molar-refractivity contribution is -0.123. The Morgan fingerprint density at radius 3 is 2.75 bits per heavy atom. The van der Waals surface area contributed by atoms with Gasteiger partial charge >= 0.3 is 0 Å². The van der Waals surface area contributed by atoms with Crippen LogP contribution in [-0.2, 0) is 17.8 Å². The normalized spacial score (nSPS) is 17.7. The van der Waals surface area contributed by atoms with Gasteiger partial charge in [-0.25, -0.2) is 4.98 Å². The number of rotatable bonds is 4. The number of Topliss-reactive ketones (excluding diaryl/α,β-unsaturated/α-hetero) is 1. The molecule has 2 N–H and O–H groups in total. The molecule has 0 bridgehead atoms. The van der Waals surface area contributed by atoms with E-state index in [1.54, 1.807) is 0 Å². The monoisotopic (exact) mass is 271 g/mol. The van der Waals surface area contributed by atoms with Crippen molar-refractivity contribution in [3.63, 3.8) is 0 Å². The number of carbonyl (C=O) groups excluding carboxylic acids is 1. The highest BCUT2D eigenvalue weighted by molar-refractivity contribution is 5.90. The zero-order chi connectivity index (χ0) is 14.2. The summed E-state index contributed by atoms with van der Waals surface area (Å²) in [5, 5.41) is 0. The summed E-state index contributed by atoms with van der Waals surface area (Å²) in [6, 6.07) is 8.02. The summed E-state index contributed by atoms with van der Waals surface area (Å²) in [5.41, 5.74) is 7.68. The van der Waals surface area contributed by atoms with Crippen LogP contribution in [0.25, 0.3) is 11.0 Å². The molecule has 2 aromatic rings. The van der Waals surface area contributed by atoms with Crippen molar-refractivity contribution in [2.24, 2.45) is 5.73 Å². The molecule has 0 amide bonds. The van der Waals surface area contributed by atoms with Crippen LogP contribution < -0.4 is 5.73 Å². The fraction of sp³-hybridized carbons (Fsp3) is 0.500. The third kappa shape index (κ3) is 2.14. The fourth-order valence-corrected chi connectivity index (χ4v) is 3.22. The summed E-state index contributed by atoms with van der Waals surface area (Å²) >= 11 is 0. The smallest absolute Gasteiger partial charge is 0.160 e. The highest BCUT2D eigenvalue weighted by atomic mass is 16.1. The number of imidazole rings is 1. The molecule has 1 fully saturated rings. The number of carbonyl (C=O) groups is 1. The molecule has 1 aliphatic carbocycles. The van der Waals surface area contributed by atoms with E-state index >= 15 is 0 Å². The van der Waals surface area contributed by atoms with Crippen molar-refractivity contribution in [1.29, 1.82) is 0 Å². The molecule has 1 aromatic heterocycles. The van der Waals surface area contributed by atoms with Crippen LogP contribution in [0.1, 0.15) is 38.4 Å². The molecular formula is C16H21N3O. The summed E-state index contributed by atoms with van der Waals surface area (Å²) in [5.74, 6) is 0.982. The van der Waals surface area contributed by atoms with Crippen LogP contribution in [0.3, 0.4) is 0 Å². The van der Waals surface area contributed by atoms with Crippen molar-refractivity contribution >= 4 is 16.8 Å². The first-order valence-corrected chi connectivity index (χ1v) is 7.40. The van der Waals surface area contributed by atoms with E-state index in [0.717, 1.165) is 49.1 Å². The molecule has 106 valence electrons. The number of aryl methyl sites for hydroxylation is 1. The predicted molar refractivity (Wildman–Crippen MR) is 79.5 cm³/mol. The molecule has 3 rings (SSSR count). The van der Waals surface area contributed by atoms with Crippen LogP contribution in [0.5, 0.6) is 0 Å². The van der Waals surface area contributed by atoms with Gasteiger partial charge in [-0.1, -0.05) is 25.0 Å². The van der Waals surface area contributed by atoms with E-state index in [-0.39, 0.29) is 5.78 Å². The number of hydrogen-bond donors (Lipinski definition) is 1. The fourth-order valence-electron chi connectivity index (χ4n) is 3.22. The standard InChI is InChI=1S/C16H21N3O/c1-2-19-13-8-4-3-7-12(13)18-15(19)11-14(20)16(17)9-5-6-10-16/h3-4,7-8H,2,5-6,9-11,17H2,1H3. The maximum Gasteiger partial charge on any atom is 0.160 e. The number of fused-ring (bicyclic) bond motifs is 1. The quantitative estimate of drug-likeness (QED) is 0.929. The predicted octanol–water partition coefficient (Wildman–Crippen LogP) is 2.44. The van der Waals surface area contributed by atoms with Crippen molar-refractivity contribution in [3.05, 3.63) is 30.1 Å². The second-order valence-electron chi connectivity index (χ2n) is 5.72. The van der Waals surface area contributed by atoms with Gasteiger partial charge in [0, 0.05) is 6.54 Å². The summed E-state index contributed by atoms with van der Waals surface area (Å²) in [6.07, 6.45) is 4.11. The minimum atomic E-state index is -0.614. The van der Waals surface area contributed by atoms with Gasteiger partial charge in [0.15, 0.2) is 5.78 Å². The Hall–Kier alpha value is -1.68. The average Bonchev–Trinajstić information content (AvgIpc) is 3.03. The lowest BCUT2D eigenvalue weighted by Gasteiger charge is -2.21. The lowest BCUT2D eigenvalue weighted by Crippen LogP contribution is -2.46. The molecule has 1 saturated carbocycles. The van der Waals surface area contributed by atoms with Gasteiger partial charge in [0.25, 0.3) is 0 Å². The highest BCUT2D eigenvalue weighted by Crippen LogP contribution is 2.29. The van der Waals surface area contributed by atoms with Crippen LogP contribution in [0.2, 0.25) is 0 Å². The second-order valence-corrected chi connectivity index (χ2v) is 5.72. The summed E-state index contributed by atoms with van der Waals surface area (Å²) in [7, 11) is 0. The number of hydrogen-bond acceptors (Lipinski definition) is 3. The molecule has 1 heterocycles. The minimum absolute atomic E-state index is 0.139. The van der Waals surface area contributed by atoms with Crippen molar-refractivity contribution in [3.8, 4) is 0 Å². The molecule has 1 aliphatic rings. The average molecular weight is 271 g/mol. The van der Waals surface area contributed by atoms with Crippen molar-refractivity contribution in [1.82, 2.24) is 9.55 Å². The van der Waals surface area contributed by atoms with Crippen LogP contribution >= 0.6 is 0 Å². The van der Waals surface area contributed by atoms with Crippen LogP contribution in [0, 0.1) is 0 Å². The van der Waals surface area contributed by atoms with Gasteiger partial charge in [-0.15, -0.1) is 0 Å². The van der Waals surface area contributed by atoms with Crippen molar-refractivity contribution < 1.29 is 4.79 Å². The van der Waals surface area contributed by atoms with Crippen molar-refractivity contribution in [2.75, 3.05) is 0 Å². The molecule has 0 aliphatic heterocycles. The van der Waals surface area contributed by atoms with Crippen molar-refractivity contribution in [2.45, 2.75) is 51.1 Å². The maximum atomic E-state index is 12.5. The van der Waals surface area contributed by atoms with Gasteiger partial charge in [0.1, 0.15) is 5.82 Å². The Morgan fingerprint density at radius 1 is 1.35 bits per heavy atom. The first kappa shape index (κ1) is 13.3. The van der Waals surface area contributed by atoms with E-state index < -0.39 is 5.54 Å². The van der Waals surface area contributed by atoms with Crippen LogP contribution in [0.15, 0.2) is 24.3 Å². The van der Waals surface area contributed by atoms with Gasteiger partial charge in [0.2, 0.25) is 0 Å². The van der Waals surface area contributed by atoms with E-state index in [1.807, 2.05) is 24.3 Å². The molecule has 0 atom stereocenters. The first-order valence-electron chi connectivity index (χ1n) is 7.40. The number of aromatic nitrogens is 2. The van der Waals surface area contributed by atoms with Gasteiger partial charge in [0.05, 0.1) is 23.0 Å². The number of para-hydroxylation sites is 2. The van der Waals surface area contributed by atoms with Crippen LogP contribution in [-0.4, -0.2) is 20.9 Å². The topological polar surface area (TPSA) is 60.9 Å². The van der Waals surface area contributed by atoms with E-state index in [2.05, 4.69) is 16.5 Å². The Morgan fingerprint density at radius 2 is 2.05 bits per heavy atom. The molecule has 4 nitrogen and oxygen atoms in total. The largest absolute Gasteiger partial charge is 0.328 e. The number of nitrogens with zero attached hydrogens (tertiary/aromatic N) is 2. The van der Waals surface area contributed by atoms with Gasteiger partial charge in [-0.3, -0.25) is 4.79 Å². The molecular weight excluding hydrogens is 250 g/mol. The molecule has 20 heavy (non-hydrogen) atoms. The molecule has 4 heteroatoms. The Balaban J connectivity index is 1.92. The SMILES string of the molecule is CCn1c(CC(=O)C2(N)CCCC2)nc2ccccc21. The second kappa shape index (κ2) is 5.02. The molecule has 1 aromatic carbocycles. The summed E-state index contributed by atoms with van der Waals surface area (Å²) in [4.78, 5) is 17.1. The Kier molecular flexibility index (Phi) is 3.34. The van der Waals surface area contributed by atoms with E-state index in [1.165, 1.54) is 0 Å². The minimum Gasteiger partial charge on any atom is -0.328 e. The van der Waals surface area contributed by atoms with Gasteiger partial charge in [-0.2, -0.15) is 0 Å². The zero-order valence-electron chi connectivity index (χ0n) is 11.9. The highest BCUT2D eigenvalue weighted by Gasteiger charge is 2.37. The molecule has 0 radical (unpaired) electrons. The summed E-state index contributed by atoms with van der Waals surface area (Å²) in [6.45, 7) is 2.90. The van der Waals surface area contributed by atoms with Gasteiger partial charge in [-0.05, 0) is 31.9 Å². The maximum absolute atomic E-state index is 12.5. The molecule has 0 unspecified atom stereocenters. The Bertz CT molecular complexity index is 638. The van der Waals surface area contributed by atoms with E-state index in [0.29, 0.717) is 6.42 Å². The third-order valence-electron chi connectivity index (χ3n) is 4.42. The molecule has 0 spiro atoms. The molecule has 0 saturated heterocycles. The first-order chi connectivity index (χ1) is 9.64. The third-order valence-corrected chi connectivity index (χ3v) is 4.42. The summed E-state index contributed by atoms with van der Waals surface area (Å²) < 4.78 is 2.12. The lowest BCUT2D eigenvalue weighted by atomic mass is 9.91. The Labute approximate surface area is 119 Å². The zero-order valence-corrected chi connectivity index (χ0v) is 11.9. The van der Waals surface area contributed by atoms with Crippen LogP contribution in [0.4, 0.5) is 0 Å². The van der Waals surface area contributed by atoms with E-state index in [9.17, 15) is 4.79 Å². The number of ketones is 1. The van der Waals surface area contributed by atoms with E-state index in [4.69, 9.17) is 5.73 Å². The number of nitrogens with two attached hydrogens (primary N) is 1.